The summed E-state index contributed by atoms with van der Waals surface area (Å²) >= 11 is 5.15. The first-order chi connectivity index (χ1) is 3.72. The fourth-order valence-corrected chi connectivity index (χ4v) is 0.718. The molecule has 1 rings (SSSR count). The Morgan fingerprint density at radius 2 is 1.56 bits per heavy atom. The Labute approximate surface area is 67.8 Å². The van der Waals surface area contributed by atoms with Gasteiger partial charge in [-0.2, -0.15) is 4.42 Å². The van der Waals surface area contributed by atoms with Gasteiger partial charge in [-0.15, -0.1) is 17.0 Å². The number of halogens is 2. The third kappa shape index (κ3) is 1.66. The summed E-state index contributed by atoms with van der Waals surface area (Å²) in [6.07, 6.45) is 0.532. The number of carbonyl (C=O) groups excluding carboxylic acids is 2. The summed E-state index contributed by atoms with van der Waals surface area (Å²) in [7, 11) is 0. The Hall–Kier alpha value is -0.0900. The molecular weight excluding hydrogens is 209 g/mol. The molecular formula is C4H5BrClNO2. The highest BCUT2D eigenvalue weighted by molar-refractivity contribution is 8.93. The highest BCUT2D eigenvalue weighted by Crippen LogP contribution is 2.12. The summed E-state index contributed by atoms with van der Waals surface area (Å²) in [4.78, 5) is 20.7. The van der Waals surface area contributed by atoms with E-state index in [1.54, 1.807) is 0 Å². The molecule has 0 unspecified atom stereocenters. The lowest BCUT2D eigenvalue weighted by Crippen LogP contribution is -2.16. The number of hydrogen-bond acceptors (Lipinski definition) is 2. The SMILES string of the molecule is Br.O=C1CCC(=O)N1Cl. The topological polar surface area (TPSA) is 37.4 Å². The Morgan fingerprint density at radius 3 is 1.67 bits per heavy atom. The van der Waals surface area contributed by atoms with Gasteiger partial charge in [0, 0.05) is 24.6 Å². The average Bonchev–Trinajstić information content (AvgIpc) is 1.98. The van der Waals surface area contributed by atoms with E-state index in [4.69, 9.17) is 11.8 Å². The van der Waals surface area contributed by atoms with Crippen LogP contribution >= 0.6 is 28.8 Å². The predicted molar refractivity (Wildman–Crippen MR) is 37.3 cm³/mol. The van der Waals surface area contributed by atoms with Gasteiger partial charge in [0.2, 0.25) is 11.8 Å². The molecule has 1 heterocycles. The number of imide groups is 1. The first kappa shape index (κ1) is 8.91. The average molecular weight is 214 g/mol. The molecule has 1 aliphatic heterocycles. The molecule has 2 amide bonds. The monoisotopic (exact) mass is 213 g/mol. The van der Waals surface area contributed by atoms with E-state index in [9.17, 15) is 9.59 Å². The molecule has 0 aromatic carbocycles. The van der Waals surface area contributed by atoms with Gasteiger partial charge >= 0.3 is 0 Å². The largest absolute Gasteiger partial charge is 0.273 e. The number of carbonyl (C=O) groups is 2. The minimum atomic E-state index is -0.295. The van der Waals surface area contributed by atoms with Crippen molar-refractivity contribution in [3.8, 4) is 0 Å². The Bertz CT molecular complexity index is 134. The van der Waals surface area contributed by atoms with Crippen LogP contribution in [0.5, 0.6) is 0 Å². The highest BCUT2D eigenvalue weighted by Gasteiger charge is 2.26. The quantitative estimate of drug-likeness (QED) is 0.443. The van der Waals surface area contributed by atoms with E-state index in [0.717, 1.165) is 0 Å². The van der Waals surface area contributed by atoms with E-state index in [-0.39, 0.29) is 41.6 Å². The van der Waals surface area contributed by atoms with Crippen LogP contribution in [0.1, 0.15) is 12.8 Å². The lowest BCUT2D eigenvalue weighted by Gasteiger charge is -1.96. The molecule has 5 heteroatoms. The van der Waals surface area contributed by atoms with Crippen molar-refractivity contribution in [3.05, 3.63) is 0 Å². The third-order valence-corrected chi connectivity index (χ3v) is 1.37. The summed E-state index contributed by atoms with van der Waals surface area (Å²) in [5, 5.41) is 0. The zero-order chi connectivity index (χ0) is 6.15. The fourth-order valence-electron chi connectivity index (χ4n) is 0.549. The predicted octanol–water partition coefficient (Wildman–Crippen LogP) is 0.867. The Balaban J connectivity index is 0.000000640. The second kappa shape index (κ2) is 3.17. The Morgan fingerprint density at radius 1 is 1.22 bits per heavy atom. The van der Waals surface area contributed by atoms with Crippen molar-refractivity contribution in [1.82, 2.24) is 4.42 Å². The number of rotatable bonds is 0. The molecule has 1 saturated heterocycles. The van der Waals surface area contributed by atoms with E-state index >= 15 is 0 Å². The lowest BCUT2D eigenvalue weighted by atomic mass is 10.4. The maximum absolute atomic E-state index is 10.4. The molecule has 0 N–H and O–H groups in total. The lowest BCUT2D eigenvalue weighted by molar-refractivity contribution is -0.132. The smallest absolute Gasteiger partial charge is 0.244 e. The molecule has 0 bridgehead atoms. The molecule has 0 spiro atoms. The van der Waals surface area contributed by atoms with Crippen molar-refractivity contribution < 1.29 is 9.59 Å². The summed E-state index contributed by atoms with van der Waals surface area (Å²) in [5.74, 6) is -0.590. The van der Waals surface area contributed by atoms with Crippen molar-refractivity contribution in [1.29, 1.82) is 0 Å². The van der Waals surface area contributed by atoms with Gasteiger partial charge < -0.3 is 0 Å². The minimum Gasteiger partial charge on any atom is -0.273 e. The van der Waals surface area contributed by atoms with Gasteiger partial charge in [-0.05, 0) is 0 Å². The van der Waals surface area contributed by atoms with Crippen molar-refractivity contribution >= 4 is 40.6 Å². The molecule has 0 radical (unpaired) electrons. The summed E-state index contributed by atoms with van der Waals surface area (Å²) < 4.78 is 0.639. The van der Waals surface area contributed by atoms with Gasteiger partial charge in [0.15, 0.2) is 0 Å². The van der Waals surface area contributed by atoms with E-state index in [1.807, 2.05) is 0 Å². The van der Waals surface area contributed by atoms with Crippen LogP contribution in [0.15, 0.2) is 0 Å². The van der Waals surface area contributed by atoms with E-state index in [0.29, 0.717) is 4.42 Å². The number of hydrogen-bond donors (Lipinski definition) is 0. The molecule has 0 atom stereocenters. The molecule has 9 heavy (non-hydrogen) atoms. The maximum atomic E-state index is 10.4. The molecule has 52 valence electrons. The van der Waals surface area contributed by atoms with Gasteiger partial charge in [0.05, 0.1) is 0 Å². The van der Waals surface area contributed by atoms with Crippen LogP contribution in [0, 0.1) is 0 Å². The Kier molecular flexibility index (Phi) is 3.14. The molecule has 0 aromatic rings. The zero-order valence-corrected chi connectivity index (χ0v) is 6.93. The van der Waals surface area contributed by atoms with Crippen LogP contribution in [0.2, 0.25) is 0 Å². The third-order valence-electron chi connectivity index (χ3n) is 0.991. The number of amides is 2. The molecule has 0 aliphatic carbocycles. The van der Waals surface area contributed by atoms with E-state index in [1.165, 1.54) is 0 Å². The molecule has 1 fully saturated rings. The van der Waals surface area contributed by atoms with Gasteiger partial charge in [0.1, 0.15) is 0 Å². The van der Waals surface area contributed by atoms with Crippen molar-refractivity contribution in [2.75, 3.05) is 0 Å². The van der Waals surface area contributed by atoms with Crippen LogP contribution in [-0.4, -0.2) is 16.2 Å². The summed E-state index contributed by atoms with van der Waals surface area (Å²) in [5.41, 5.74) is 0. The van der Waals surface area contributed by atoms with Gasteiger partial charge in [-0.25, -0.2) is 0 Å². The highest BCUT2D eigenvalue weighted by atomic mass is 79.9. The van der Waals surface area contributed by atoms with Crippen LogP contribution in [-0.2, 0) is 9.59 Å². The first-order valence-electron chi connectivity index (χ1n) is 2.23. The molecule has 0 saturated carbocycles. The molecule has 1 aliphatic rings. The molecule has 0 aromatic heterocycles. The summed E-state index contributed by atoms with van der Waals surface area (Å²) in [6.45, 7) is 0. The fraction of sp³-hybridized carbons (Fsp3) is 0.500. The normalized spacial score (nSPS) is 18.1. The van der Waals surface area contributed by atoms with Crippen molar-refractivity contribution in [2.45, 2.75) is 12.8 Å². The van der Waals surface area contributed by atoms with Crippen LogP contribution in [0.4, 0.5) is 0 Å². The van der Waals surface area contributed by atoms with Gasteiger partial charge in [0.25, 0.3) is 0 Å². The van der Waals surface area contributed by atoms with Crippen LogP contribution < -0.4 is 0 Å². The maximum Gasteiger partial charge on any atom is 0.244 e. The standard InChI is InChI=1S/C4H4ClNO2.BrH/c5-6-3(7)1-2-4(6)8;/h1-2H2;1H. The second-order valence-corrected chi connectivity index (χ2v) is 1.91. The minimum absolute atomic E-state index is 0. The number of nitrogens with zero attached hydrogens (tertiary/aromatic N) is 1. The van der Waals surface area contributed by atoms with Crippen molar-refractivity contribution in [3.63, 3.8) is 0 Å². The zero-order valence-electron chi connectivity index (χ0n) is 4.46. The second-order valence-electron chi connectivity index (χ2n) is 1.57. The molecule has 3 nitrogen and oxygen atoms in total. The first-order valence-corrected chi connectivity index (χ1v) is 2.57. The van der Waals surface area contributed by atoms with Crippen molar-refractivity contribution in [2.24, 2.45) is 0 Å². The van der Waals surface area contributed by atoms with E-state index < -0.39 is 0 Å². The van der Waals surface area contributed by atoms with Crippen LogP contribution in [0.3, 0.4) is 0 Å². The van der Waals surface area contributed by atoms with Gasteiger partial charge in [-0.1, -0.05) is 0 Å². The van der Waals surface area contributed by atoms with E-state index in [2.05, 4.69) is 0 Å². The summed E-state index contributed by atoms with van der Waals surface area (Å²) in [6, 6.07) is 0. The van der Waals surface area contributed by atoms with Gasteiger partial charge in [-0.3, -0.25) is 9.59 Å². The van der Waals surface area contributed by atoms with Crippen LogP contribution in [0.25, 0.3) is 0 Å².